The molecular formula is C20H12F3N3O4S. The third kappa shape index (κ3) is 3.52. The molecule has 158 valence electrons. The number of benzene rings is 2. The Morgan fingerprint density at radius 1 is 1.00 bits per heavy atom. The normalized spacial score (nSPS) is 12.2. The van der Waals surface area contributed by atoms with E-state index >= 15 is 0 Å². The van der Waals surface area contributed by atoms with Gasteiger partial charge in [0.2, 0.25) is 0 Å². The Morgan fingerprint density at radius 3 is 2.35 bits per heavy atom. The van der Waals surface area contributed by atoms with Gasteiger partial charge in [-0.15, -0.1) is 0 Å². The lowest BCUT2D eigenvalue weighted by Gasteiger charge is -2.11. The summed E-state index contributed by atoms with van der Waals surface area (Å²) in [5.41, 5.74) is -2.14. The van der Waals surface area contributed by atoms with E-state index < -0.39 is 32.4 Å². The van der Waals surface area contributed by atoms with Crippen LogP contribution in [-0.2, 0) is 16.2 Å². The largest absolute Gasteiger partial charge is 0.423 e. The molecular weight excluding hydrogens is 435 g/mol. The van der Waals surface area contributed by atoms with Crippen molar-refractivity contribution < 1.29 is 26.5 Å². The lowest BCUT2D eigenvalue weighted by atomic mass is 10.00. The van der Waals surface area contributed by atoms with Gasteiger partial charge < -0.3 is 0 Å². The molecule has 2 heterocycles. The van der Waals surface area contributed by atoms with Gasteiger partial charge in [-0.2, -0.15) is 13.2 Å². The Bertz CT molecular complexity index is 1410. The Kier molecular flexibility index (Phi) is 4.77. The maximum absolute atomic E-state index is 13.4. The smallest absolute Gasteiger partial charge is 0.258 e. The van der Waals surface area contributed by atoms with E-state index in [-0.39, 0.29) is 27.1 Å². The first kappa shape index (κ1) is 20.5. The number of hydrogen-bond donors (Lipinski definition) is 0. The molecule has 0 aliphatic rings. The molecule has 7 nitrogen and oxygen atoms in total. The predicted octanol–water partition coefficient (Wildman–Crippen LogP) is 4.87. The van der Waals surface area contributed by atoms with E-state index in [2.05, 4.69) is 4.98 Å². The number of nitro groups is 1. The number of pyridine rings is 1. The van der Waals surface area contributed by atoms with Gasteiger partial charge in [-0.1, -0.05) is 18.2 Å². The van der Waals surface area contributed by atoms with Gasteiger partial charge in [0.15, 0.2) is 5.65 Å². The van der Waals surface area contributed by atoms with E-state index in [4.69, 9.17) is 0 Å². The lowest BCUT2D eigenvalue weighted by molar-refractivity contribution is -0.388. The molecule has 4 rings (SSSR count). The first-order valence-electron chi connectivity index (χ1n) is 8.73. The minimum Gasteiger partial charge on any atom is -0.258 e. The van der Waals surface area contributed by atoms with Gasteiger partial charge in [-0.25, -0.2) is 17.4 Å². The summed E-state index contributed by atoms with van der Waals surface area (Å²) in [6, 6.07) is 13.1. The average molecular weight is 447 g/mol. The van der Waals surface area contributed by atoms with Gasteiger partial charge in [0, 0.05) is 23.8 Å². The molecule has 0 aliphatic heterocycles. The maximum Gasteiger partial charge on any atom is 0.423 e. The third-order valence-corrected chi connectivity index (χ3v) is 6.34. The second-order valence-corrected chi connectivity index (χ2v) is 8.33. The molecule has 2 aromatic heterocycles. The van der Waals surface area contributed by atoms with Crippen LogP contribution in [0.15, 0.2) is 78.0 Å². The highest BCUT2D eigenvalue weighted by Gasteiger charge is 2.38. The second kappa shape index (κ2) is 7.20. The number of alkyl halides is 3. The van der Waals surface area contributed by atoms with Crippen LogP contribution in [0.3, 0.4) is 0 Å². The summed E-state index contributed by atoms with van der Waals surface area (Å²) in [6.07, 6.45) is -2.41. The topological polar surface area (TPSA) is 95.1 Å². The SMILES string of the molecule is O=[N+]([O-])c1ccc(-c2ccnc3c2ccn3S(=O)(=O)c2ccccc2)cc1C(F)(F)F. The molecule has 0 saturated carbocycles. The molecule has 0 saturated heterocycles. The zero-order chi connectivity index (χ0) is 22.4. The van der Waals surface area contributed by atoms with Gasteiger partial charge in [0.1, 0.15) is 5.56 Å². The van der Waals surface area contributed by atoms with Crippen molar-refractivity contribution in [1.29, 1.82) is 0 Å². The number of nitrogens with zero attached hydrogens (tertiary/aromatic N) is 3. The summed E-state index contributed by atoms with van der Waals surface area (Å²) in [4.78, 5) is 14.0. The summed E-state index contributed by atoms with van der Waals surface area (Å²) >= 11 is 0. The molecule has 0 N–H and O–H groups in total. The van der Waals surface area contributed by atoms with Crippen molar-refractivity contribution in [3.63, 3.8) is 0 Å². The van der Waals surface area contributed by atoms with Crippen LogP contribution in [0.5, 0.6) is 0 Å². The molecule has 0 spiro atoms. The predicted molar refractivity (Wildman–Crippen MR) is 106 cm³/mol. The lowest BCUT2D eigenvalue weighted by Crippen LogP contribution is -2.12. The highest BCUT2D eigenvalue weighted by Crippen LogP contribution is 2.39. The van der Waals surface area contributed by atoms with Crippen LogP contribution >= 0.6 is 0 Å². The number of nitro benzene ring substituents is 1. The van der Waals surface area contributed by atoms with Gasteiger partial charge in [-0.3, -0.25) is 10.1 Å². The summed E-state index contributed by atoms with van der Waals surface area (Å²) in [6.45, 7) is 0. The van der Waals surface area contributed by atoms with Crippen LogP contribution in [0.25, 0.3) is 22.2 Å². The van der Waals surface area contributed by atoms with E-state index in [1.165, 1.54) is 42.7 Å². The van der Waals surface area contributed by atoms with Crippen molar-refractivity contribution in [2.45, 2.75) is 11.1 Å². The number of rotatable bonds is 4. The second-order valence-electron chi connectivity index (χ2n) is 6.51. The van der Waals surface area contributed by atoms with Crippen molar-refractivity contribution in [1.82, 2.24) is 8.96 Å². The zero-order valence-electron chi connectivity index (χ0n) is 15.4. The number of fused-ring (bicyclic) bond motifs is 1. The van der Waals surface area contributed by atoms with Gasteiger partial charge >= 0.3 is 6.18 Å². The highest BCUT2D eigenvalue weighted by atomic mass is 32.2. The van der Waals surface area contributed by atoms with Crippen LogP contribution in [0, 0.1) is 10.1 Å². The van der Waals surface area contributed by atoms with Gasteiger partial charge in [0.05, 0.1) is 9.82 Å². The average Bonchev–Trinajstić information content (AvgIpc) is 3.18. The number of hydrogen-bond acceptors (Lipinski definition) is 5. The van der Waals surface area contributed by atoms with Gasteiger partial charge in [-0.05, 0) is 47.5 Å². The van der Waals surface area contributed by atoms with Crippen LogP contribution in [0.1, 0.15) is 5.56 Å². The molecule has 0 atom stereocenters. The third-order valence-electron chi connectivity index (χ3n) is 4.66. The maximum atomic E-state index is 13.4. The first-order valence-corrected chi connectivity index (χ1v) is 10.2. The van der Waals surface area contributed by atoms with Crippen molar-refractivity contribution in [3.8, 4) is 11.1 Å². The summed E-state index contributed by atoms with van der Waals surface area (Å²) in [7, 11) is -3.99. The Labute approximate surface area is 173 Å². The molecule has 2 aromatic carbocycles. The minimum atomic E-state index is -4.94. The van der Waals surface area contributed by atoms with Crippen molar-refractivity contribution in [2.75, 3.05) is 0 Å². The Hall–Kier alpha value is -3.73. The first-order chi connectivity index (χ1) is 14.6. The highest BCUT2D eigenvalue weighted by molar-refractivity contribution is 7.90. The number of aromatic nitrogens is 2. The molecule has 0 unspecified atom stereocenters. The molecule has 0 amide bonds. The fourth-order valence-corrected chi connectivity index (χ4v) is 4.58. The minimum absolute atomic E-state index is 0.0215. The van der Waals surface area contributed by atoms with E-state index in [0.29, 0.717) is 6.07 Å². The Morgan fingerprint density at radius 2 is 1.71 bits per heavy atom. The quantitative estimate of drug-likeness (QED) is 0.329. The molecule has 11 heteroatoms. The number of halogens is 3. The van der Waals surface area contributed by atoms with Crippen LogP contribution < -0.4 is 0 Å². The molecule has 0 aliphatic carbocycles. The molecule has 4 aromatic rings. The molecule has 0 radical (unpaired) electrons. The van der Waals surface area contributed by atoms with E-state index in [1.54, 1.807) is 18.2 Å². The van der Waals surface area contributed by atoms with Crippen LogP contribution in [0.4, 0.5) is 18.9 Å². The molecule has 0 bridgehead atoms. The molecule has 31 heavy (non-hydrogen) atoms. The summed E-state index contributed by atoms with van der Waals surface area (Å²) in [5, 5.41) is 11.3. The standard InChI is InChI=1S/C20H12F3N3O4S/c21-20(22,23)17-12-13(6-7-18(17)26(27)28)15-8-10-24-19-16(15)9-11-25(19)31(29,30)14-4-2-1-3-5-14/h1-12H. The van der Waals surface area contributed by atoms with Gasteiger partial charge in [0.25, 0.3) is 15.7 Å². The van der Waals surface area contributed by atoms with Crippen LogP contribution in [-0.4, -0.2) is 22.3 Å². The summed E-state index contributed by atoms with van der Waals surface area (Å²) < 4.78 is 67.0. The molecule has 0 fully saturated rings. The monoisotopic (exact) mass is 447 g/mol. The van der Waals surface area contributed by atoms with Crippen molar-refractivity contribution in [3.05, 3.63) is 88.7 Å². The van der Waals surface area contributed by atoms with Crippen molar-refractivity contribution in [2.24, 2.45) is 0 Å². The van der Waals surface area contributed by atoms with E-state index in [0.717, 1.165) is 10.0 Å². The van der Waals surface area contributed by atoms with E-state index in [9.17, 15) is 31.7 Å². The fraction of sp³-hybridized carbons (Fsp3) is 0.0500. The van der Waals surface area contributed by atoms with E-state index in [1.807, 2.05) is 0 Å². The summed E-state index contributed by atoms with van der Waals surface area (Å²) in [5.74, 6) is 0. The van der Waals surface area contributed by atoms with Crippen molar-refractivity contribution >= 4 is 26.7 Å². The van der Waals surface area contributed by atoms with Crippen LogP contribution in [0.2, 0.25) is 0 Å². The zero-order valence-corrected chi connectivity index (χ0v) is 16.3. The fourth-order valence-electron chi connectivity index (χ4n) is 3.26. The Balaban J connectivity index is 1.91.